The molecule has 0 spiro atoms. The summed E-state index contributed by atoms with van der Waals surface area (Å²) in [6, 6.07) is 14.7. The number of benzene rings is 2. The molecule has 1 N–H and O–H groups in total. The molecule has 6 nitrogen and oxygen atoms in total. The van der Waals surface area contributed by atoms with Gasteiger partial charge in [-0.15, -0.1) is 10.2 Å². The minimum absolute atomic E-state index is 0.169. The second-order valence-corrected chi connectivity index (χ2v) is 7.10. The quantitative estimate of drug-likeness (QED) is 0.645. The SMILES string of the molecule is COc1ccccc1-n1cnnc1S[C@H](C)C(=O)Nc1ccccc1Cl. The fourth-order valence-electron chi connectivity index (χ4n) is 2.31. The van der Waals surface area contributed by atoms with Crippen LogP contribution in [0.4, 0.5) is 5.69 Å². The average molecular weight is 389 g/mol. The molecule has 1 heterocycles. The van der Waals surface area contributed by atoms with Gasteiger partial charge < -0.3 is 10.1 Å². The molecule has 3 aromatic rings. The van der Waals surface area contributed by atoms with E-state index in [0.29, 0.717) is 21.6 Å². The van der Waals surface area contributed by atoms with E-state index in [9.17, 15) is 4.79 Å². The van der Waals surface area contributed by atoms with Gasteiger partial charge in [0.25, 0.3) is 0 Å². The number of rotatable bonds is 6. The molecule has 1 amide bonds. The van der Waals surface area contributed by atoms with Gasteiger partial charge >= 0.3 is 0 Å². The molecule has 2 aromatic carbocycles. The van der Waals surface area contributed by atoms with Gasteiger partial charge in [0, 0.05) is 0 Å². The summed E-state index contributed by atoms with van der Waals surface area (Å²) in [6.07, 6.45) is 1.60. The highest BCUT2D eigenvalue weighted by atomic mass is 35.5. The Balaban J connectivity index is 1.76. The third-order valence-electron chi connectivity index (χ3n) is 3.64. The summed E-state index contributed by atoms with van der Waals surface area (Å²) in [4.78, 5) is 12.5. The Morgan fingerprint density at radius 1 is 1.23 bits per heavy atom. The van der Waals surface area contributed by atoms with Crippen molar-refractivity contribution in [1.82, 2.24) is 14.8 Å². The number of nitrogens with one attached hydrogen (secondary N) is 1. The van der Waals surface area contributed by atoms with Crippen LogP contribution in [0.1, 0.15) is 6.92 Å². The van der Waals surface area contributed by atoms with Crippen molar-refractivity contribution in [2.24, 2.45) is 0 Å². The van der Waals surface area contributed by atoms with Crippen molar-refractivity contribution in [1.29, 1.82) is 0 Å². The lowest BCUT2D eigenvalue weighted by Gasteiger charge is -2.14. The predicted octanol–water partition coefficient (Wildman–Crippen LogP) is 4.05. The maximum Gasteiger partial charge on any atom is 0.237 e. The maximum atomic E-state index is 12.5. The molecule has 0 aliphatic carbocycles. The first-order valence-electron chi connectivity index (χ1n) is 7.85. The molecule has 134 valence electrons. The van der Waals surface area contributed by atoms with Gasteiger partial charge in [0.1, 0.15) is 12.1 Å². The number of nitrogens with zero attached hydrogens (tertiary/aromatic N) is 3. The van der Waals surface area contributed by atoms with Crippen molar-refractivity contribution in [2.45, 2.75) is 17.3 Å². The number of carbonyl (C=O) groups is 1. The predicted molar refractivity (Wildman–Crippen MR) is 103 cm³/mol. The second-order valence-electron chi connectivity index (χ2n) is 5.38. The Morgan fingerprint density at radius 2 is 1.96 bits per heavy atom. The molecule has 1 aromatic heterocycles. The maximum absolute atomic E-state index is 12.5. The Kier molecular flexibility index (Phi) is 5.80. The molecule has 8 heteroatoms. The van der Waals surface area contributed by atoms with Crippen molar-refractivity contribution < 1.29 is 9.53 Å². The first-order chi connectivity index (χ1) is 12.6. The summed E-state index contributed by atoms with van der Waals surface area (Å²) < 4.78 is 7.18. The topological polar surface area (TPSA) is 69.0 Å². The zero-order valence-corrected chi connectivity index (χ0v) is 15.8. The number of aromatic nitrogens is 3. The zero-order valence-electron chi connectivity index (χ0n) is 14.2. The van der Waals surface area contributed by atoms with Gasteiger partial charge in [-0.25, -0.2) is 0 Å². The summed E-state index contributed by atoms with van der Waals surface area (Å²) in [5, 5.41) is 11.6. The molecule has 0 fully saturated rings. The van der Waals surface area contributed by atoms with Gasteiger partial charge in [0.15, 0.2) is 5.16 Å². The number of hydrogen-bond donors (Lipinski definition) is 1. The Labute approximate surface area is 160 Å². The Bertz CT molecular complexity index is 915. The summed E-state index contributed by atoms with van der Waals surface area (Å²) in [5.74, 6) is 0.528. The fourth-order valence-corrected chi connectivity index (χ4v) is 3.33. The molecule has 0 bridgehead atoms. The summed E-state index contributed by atoms with van der Waals surface area (Å²) in [5.41, 5.74) is 1.39. The number of halogens is 1. The molecule has 0 saturated heterocycles. The smallest absolute Gasteiger partial charge is 0.237 e. The van der Waals surface area contributed by atoms with E-state index in [-0.39, 0.29) is 5.91 Å². The van der Waals surface area contributed by atoms with Crippen LogP contribution in [0.3, 0.4) is 0 Å². The van der Waals surface area contributed by atoms with Crippen LogP contribution in [0.5, 0.6) is 5.75 Å². The fraction of sp³-hybridized carbons (Fsp3) is 0.167. The van der Waals surface area contributed by atoms with Crippen LogP contribution in [0.15, 0.2) is 60.0 Å². The molecule has 26 heavy (non-hydrogen) atoms. The number of amides is 1. The van der Waals surface area contributed by atoms with Gasteiger partial charge in [0.05, 0.1) is 28.8 Å². The van der Waals surface area contributed by atoms with E-state index in [2.05, 4.69) is 15.5 Å². The summed E-state index contributed by atoms with van der Waals surface area (Å²) in [7, 11) is 1.61. The Hall–Kier alpha value is -2.51. The molecule has 0 aliphatic heterocycles. The van der Waals surface area contributed by atoms with Crippen LogP contribution in [-0.4, -0.2) is 33.0 Å². The molecular formula is C18H17ClN4O2S. The van der Waals surface area contributed by atoms with Crippen LogP contribution >= 0.6 is 23.4 Å². The number of thioether (sulfide) groups is 1. The van der Waals surface area contributed by atoms with Crippen molar-refractivity contribution in [3.8, 4) is 11.4 Å². The molecular weight excluding hydrogens is 372 g/mol. The number of ether oxygens (including phenoxy) is 1. The van der Waals surface area contributed by atoms with E-state index in [1.54, 1.807) is 37.1 Å². The number of para-hydroxylation sites is 3. The van der Waals surface area contributed by atoms with Crippen molar-refractivity contribution >= 4 is 35.0 Å². The van der Waals surface area contributed by atoms with Gasteiger partial charge in [-0.2, -0.15) is 0 Å². The second kappa shape index (κ2) is 8.25. The van der Waals surface area contributed by atoms with Crippen molar-refractivity contribution in [2.75, 3.05) is 12.4 Å². The molecule has 0 radical (unpaired) electrons. The number of carbonyl (C=O) groups excluding carboxylic acids is 1. The van der Waals surface area contributed by atoms with E-state index in [4.69, 9.17) is 16.3 Å². The van der Waals surface area contributed by atoms with Crippen LogP contribution in [0.2, 0.25) is 5.02 Å². The van der Waals surface area contributed by atoms with Crippen LogP contribution in [0, 0.1) is 0 Å². The standard InChI is InChI=1S/C18H17ClN4O2S/c1-12(17(24)21-14-8-4-3-7-13(14)19)26-18-22-20-11-23(18)15-9-5-6-10-16(15)25-2/h3-12H,1-2H3,(H,21,24)/t12-/m1/s1. The largest absolute Gasteiger partial charge is 0.495 e. The van der Waals surface area contributed by atoms with Gasteiger partial charge in [-0.1, -0.05) is 47.6 Å². The van der Waals surface area contributed by atoms with Gasteiger partial charge in [-0.05, 0) is 31.2 Å². The Morgan fingerprint density at radius 3 is 2.73 bits per heavy atom. The van der Waals surface area contributed by atoms with Crippen molar-refractivity contribution in [3.63, 3.8) is 0 Å². The van der Waals surface area contributed by atoms with E-state index in [1.807, 2.05) is 36.4 Å². The zero-order chi connectivity index (χ0) is 18.5. The highest BCUT2D eigenvalue weighted by Crippen LogP contribution is 2.29. The lowest BCUT2D eigenvalue weighted by molar-refractivity contribution is -0.115. The highest BCUT2D eigenvalue weighted by Gasteiger charge is 2.20. The lowest BCUT2D eigenvalue weighted by Crippen LogP contribution is -2.23. The van der Waals surface area contributed by atoms with Crippen LogP contribution in [0.25, 0.3) is 5.69 Å². The van der Waals surface area contributed by atoms with Crippen LogP contribution in [-0.2, 0) is 4.79 Å². The van der Waals surface area contributed by atoms with Crippen LogP contribution < -0.4 is 10.1 Å². The van der Waals surface area contributed by atoms with E-state index < -0.39 is 5.25 Å². The number of methoxy groups -OCH3 is 1. The van der Waals surface area contributed by atoms with E-state index in [1.165, 1.54) is 11.8 Å². The molecule has 0 aliphatic rings. The third kappa shape index (κ3) is 4.00. The third-order valence-corrected chi connectivity index (χ3v) is 5.03. The van der Waals surface area contributed by atoms with E-state index in [0.717, 1.165) is 5.69 Å². The number of anilines is 1. The van der Waals surface area contributed by atoms with Gasteiger partial charge in [0.2, 0.25) is 5.91 Å². The van der Waals surface area contributed by atoms with Gasteiger partial charge in [-0.3, -0.25) is 9.36 Å². The molecule has 1 atom stereocenters. The molecule has 3 rings (SSSR count). The molecule has 0 unspecified atom stereocenters. The minimum atomic E-state index is -0.399. The molecule has 0 saturated carbocycles. The first kappa shape index (κ1) is 18.3. The van der Waals surface area contributed by atoms with E-state index >= 15 is 0 Å². The number of hydrogen-bond acceptors (Lipinski definition) is 5. The highest BCUT2D eigenvalue weighted by molar-refractivity contribution is 8.00. The minimum Gasteiger partial charge on any atom is -0.495 e. The average Bonchev–Trinajstić information content (AvgIpc) is 3.11. The van der Waals surface area contributed by atoms with Crippen molar-refractivity contribution in [3.05, 3.63) is 59.9 Å². The lowest BCUT2D eigenvalue weighted by atomic mass is 10.3. The first-order valence-corrected chi connectivity index (χ1v) is 9.11. The monoisotopic (exact) mass is 388 g/mol. The summed E-state index contributed by atoms with van der Waals surface area (Å²) >= 11 is 7.40. The summed E-state index contributed by atoms with van der Waals surface area (Å²) in [6.45, 7) is 1.80. The normalized spacial score (nSPS) is 11.8.